The third-order valence-electron chi connectivity index (χ3n) is 21.9. The zero-order chi connectivity index (χ0) is 61.0. The van der Waals surface area contributed by atoms with Crippen LogP contribution in [0.3, 0.4) is 0 Å². The van der Waals surface area contributed by atoms with Crippen molar-refractivity contribution >= 4 is 11.9 Å². The smallest absolute Gasteiger partial charge is 0.335 e. The summed E-state index contributed by atoms with van der Waals surface area (Å²) >= 11 is 0. The van der Waals surface area contributed by atoms with Gasteiger partial charge in [0.2, 0.25) is 0 Å². The number of carboxylic acids is 1. The number of carbonyl (C=O) groups is 2. The van der Waals surface area contributed by atoms with Gasteiger partial charge >= 0.3 is 11.9 Å². The predicted molar refractivity (Wildman–Crippen MR) is 283 cm³/mol. The molecule has 25 nitrogen and oxygen atoms in total. The Labute approximate surface area is 483 Å². The number of aliphatic hydroxyl groups is 13. The van der Waals surface area contributed by atoms with Crippen molar-refractivity contribution in [2.75, 3.05) is 26.4 Å². The molecule has 25 heteroatoms. The summed E-state index contributed by atoms with van der Waals surface area (Å²) in [6, 6.07) is 0. The van der Waals surface area contributed by atoms with Crippen LogP contribution in [0, 0.1) is 56.7 Å². The maximum absolute atomic E-state index is 13.4. The van der Waals surface area contributed by atoms with E-state index in [4.69, 9.17) is 42.6 Å². The third kappa shape index (κ3) is 11.0. The minimum atomic E-state index is -2.26. The lowest BCUT2D eigenvalue weighted by atomic mass is 9.33. The molecule has 5 aliphatic carbocycles. The molecule has 8 fully saturated rings. The molecule has 14 N–H and O–H groups in total. The van der Waals surface area contributed by atoms with Crippen molar-refractivity contribution in [3.63, 3.8) is 0 Å². The summed E-state index contributed by atoms with van der Waals surface area (Å²) < 4.78 is 55.0. The van der Waals surface area contributed by atoms with Gasteiger partial charge in [0.1, 0.15) is 91.6 Å². The van der Waals surface area contributed by atoms with E-state index in [-0.39, 0.29) is 35.7 Å². The van der Waals surface area contributed by atoms with Crippen molar-refractivity contribution in [2.24, 2.45) is 56.7 Å². The van der Waals surface area contributed by atoms with Gasteiger partial charge in [0.15, 0.2) is 31.3 Å². The number of aliphatic hydroxyl groups excluding tert-OH is 13. The zero-order valence-corrected chi connectivity index (χ0v) is 48.8. The number of carbonyl (C=O) groups excluding carboxylic acids is 1. The lowest BCUT2D eigenvalue weighted by molar-refractivity contribution is -0.405. The maximum atomic E-state index is 13.4. The first-order valence-corrected chi connectivity index (χ1v) is 29.5. The Morgan fingerprint density at radius 3 is 1.88 bits per heavy atom. The van der Waals surface area contributed by atoms with E-state index in [0.717, 1.165) is 12.0 Å². The predicted octanol–water partition coefficient (Wildman–Crippen LogP) is -1.52. The second-order valence-electron chi connectivity index (χ2n) is 27.3. The largest absolute Gasteiger partial charge is 0.479 e. The van der Waals surface area contributed by atoms with Crippen LogP contribution in [-0.4, -0.2) is 245 Å². The van der Waals surface area contributed by atoms with Crippen molar-refractivity contribution in [1.82, 2.24) is 0 Å². The Hall–Kier alpha value is -2.42. The van der Waals surface area contributed by atoms with Crippen LogP contribution >= 0.6 is 0 Å². The molecule has 83 heavy (non-hydrogen) atoms. The van der Waals surface area contributed by atoms with Gasteiger partial charge in [-0.1, -0.05) is 66.2 Å². The molecule has 0 amide bonds. The molecule has 0 aromatic carbocycles. The van der Waals surface area contributed by atoms with Crippen molar-refractivity contribution in [3.05, 3.63) is 23.3 Å². The summed E-state index contributed by atoms with van der Waals surface area (Å²) in [7, 11) is 0. The molecule has 4 saturated carbocycles. The Bertz CT molecular complexity index is 2370. The molecule has 474 valence electrons. The minimum absolute atomic E-state index is 0.0240. The van der Waals surface area contributed by atoms with Crippen LogP contribution in [0.5, 0.6) is 0 Å². The Kier molecular flexibility index (Phi) is 18.9. The number of rotatable bonds is 14. The summed E-state index contributed by atoms with van der Waals surface area (Å²) in [6.07, 6.45) is -30.6. The van der Waals surface area contributed by atoms with Crippen molar-refractivity contribution in [3.8, 4) is 0 Å². The fourth-order valence-electron chi connectivity index (χ4n) is 17.2. The van der Waals surface area contributed by atoms with Crippen LogP contribution in [0.4, 0.5) is 0 Å². The number of carboxylic acid groups (broad SMARTS) is 1. The Balaban J connectivity index is 1.05. The highest BCUT2D eigenvalue weighted by atomic mass is 16.8. The highest BCUT2D eigenvalue weighted by molar-refractivity contribution is 5.87. The lowest BCUT2D eigenvalue weighted by Crippen LogP contribution is -2.70. The van der Waals surface area contributed by atoms with E-state index < -0.39 is 194 Å². The number of allylic oxidation sites excluding steroid dienone is 2. The second kappa shape index (κ2) is 24.2. The molecular formula is C58H92O25. The number of fused-ring (bicyclic) bond motifs is 7. The highest BCUT2D eigenvalue weighted by Crippen LogP contribution is 2.75. The third-order valence-corrected chi connectivity index (χ3v) is 21.9. The summed E-state index contributed by atoms with van der Waals surface area (Å²) in [5, 5.41) is 154. The molecule has 9 aliphatic rings. The molecule has 0 bridgehead atoms. The normalized spacial score (nSPS) is 51.5. The van der Waals surface area contributed by atoms with Gasteiger partial charge in [0, 0.05) is 29.4 Å². The quantitative estimate of drug-likeness (QED) is 0.0407. The molecule has 4 aliphatic heterocycles. The van der Waals surface area contributed by atoms with Crippen LogP contribution in [0.1, 0.15) is 107 Å². The summed E-state index contributed by atoms with van der Waals surface area (Å²) in [5.41, 5.74) is -1.18. The first kappa shape index (κ1) is 65.0. The molecule has 9 rings (SSSR count). The molecule has 4 saturated heterocycles. The zero-order valence-electron chi connectivity index (χ0n) is 48.8. The van der Waals surface area contributed by atoms with Gasteiger partial charge in [-0.15, -0.1) is 0 Å². The van der Waals surface area contributed by atoms with Gasteiger partial charge in [-0.2, -0.15) is 0 Å². The number of hydrogen-bond acceptors (Lipinski definition) is 24. The van der Waals surface area contributed by atoms with E-state index in [0.29, 0.717) is 44.1 Å². The van der Waals surface area contributed by atoms with Gasteiger partial charge in [0.05, 0.1) is 32.0 Å². The summed E-state index contributed by atoms with van der Waals surface area (Å²) in [6.45, 7) is 15.9. The Morgan fingerprint density at radius 2 is 1.25 bits per heavy atom. The fourth-order valence-corrected chi connectivity index (χ4v) is 17.2. The van der Waals surface area contributed by atoms with Gasteiger partial charge < -0.3 is 114 Å². The van der Waals surface area contributed by atoms with Crippen LogP contribution in [0.15, 0.2) is 23.3 Å². The first-order valence-electron chi connectivity index (χ1n) is 29.5. The van der Waals surface area contributed by atoms with E-state index in [1.165, 1.54) is 0 Å². The molecule has 0 radical (unpaired) electrons. The molecule has 0 spiro atoms. The van der Waals surface area contributed by atoms with E-state index in [1.807, 2.05) is 13.8 Å². The maximum Gasteiger partial charge on any atom is 0.335 e. The summed E-state index contributed by atoms with van der Waals surface area (Å²) in [5.74, 6) is -3.29. The van der Waals surface area contributed by atoms with Crippen molar-refractivity contribution in [1.29, 1.82) is 0 Å². The van der Waals surface area contributed by atoms with E-state index >= 15 is 0 Å². The monoisotopic (exact) mass is 1190 g/mol. The van der Waals surface area contributed by atoms with Crippen molar-refractivity contribution in [2.45, 2.75) is 242 Å². The van der Waals surface area contributed by atoms with Gasteiger partial charge in [-0.05, 0) is 98.2 Å². The van der Waals surface area contributed by atoms with Crippen molar-refractivity contribution < 1.29 is 124 Å². The topological polar surface area (TPSA) is 400 Å². The van der Waals surface area contributed by atoms with Crippen LogP contribution in [-0.2, 0) is 52.2 Å². The highest BCUT2D eigenvalue weighted by Gasteiger charge is 2.72. The lowest BCUT2D eigenvalue weighted by Gasteiger charge is -2.72. The molecule has 4 unspecified atom stereocenters. The standard InChI is InChI=1S/C58H92O25/c1-10-23(2)49(74)76-28-18-54(3,4)17-24-26-11-12-32-56(7)15-14-33(55(5,6)31(56)13-16-57(32,8)58(26,9)47(71)25(19-59)34(24)28)79-53-46(83-51-41(69)38(66)36(64)29(20-60)77-51)43(42(70)44(81-53)48(72)73)80-52-45(39(67)37(65)30(21-61)78-52)82-50-40(68)35(63)27(62)22-75-50/h10-11,24-25,27-47,50-53,59-71H,12-22H2,1-9H3,(H,72,73)/b23-10+/t24?,25-,27-,28+,29-,30-,31?,32?,33+,34?,35+,36+,37+,38+,39+,40-,41-,42+,43+,44+,45-,46-,47+,50+,51+,52+,53-,56+,57-,58+/m1/s1. The second-order valence-corrected chi connectivity index (χ2v) is 27.3. The van der Waals surface area contributed by atoms with Gasteiger partial charge in [-0.25, -0.2) is 9.59 Å². The summed E-state index contributed by atoms with van der Waals surface area (Å²) in [4.78, 5) is 26.6. The average Bonchev–Trinajstić information content (AvgIpc) is 0.899. The molecular weight excluding hydrogens is 1100 g/mol. The van der Waals surface area contributed by atoms with Gasteiger partial charge in [0.25, 0.3) is 0 Å². The minimum Gasteiger partial charge on any atom is -0.479 e. The number of ether oxygens (including phenoxy) is 9. The Morgan fingerprint density at radius 1 is 0.651 bits per heavy atom. The van der Waals surface area contributed by atoms with Crippen LogP contribution in [0.25, 0.3) is 0 Å². The van der Waals surface area contributed by atoms with Gasteiger partial charge in [-0.3, -0.25) is 0 Å². The SMILES string of the molecule is C/C=C(\C)C(=O)O[C@H]1CC(C)(C)CC2C3=CCC4[C@@]5(C)CC[C@H](O[C@@H]6O[C@H](C(=O)O)[C@@H](O)[C@H](O[C@@H]7O[C@H](CO)[C@H](O)[C@H](O)[C@H]7O[C@@H]7OC[C@@H](O)[C@H](O)[C@H]7O)[C@H]6O[C@@H]6O[C@H](CO)[C@H](O)[C@H](O)[C@H]6O)C(C)(C)C5CC[C@@]4(C)[C@]3(C)[C@@H](O)[C@H](CO)C21. The molecule has 0 aromatic rings. The van der Waals surface area contributed by atoms with E-state index in [2.05, 4.69) is 40.7 Å². The number of aliphatic carboxylic acids is 1. The first-order chi connectivity index (χ1) is 38.9. The molecule has 0 aromatic heterocycles. The number of hydrogen-bond donors (Lipinski definition) is 14. The number of esters is 1. The molecule has 30 atom stereocenters. The fraction of sp³-hybridized carbons (Fsp3) is 0.897. The molecule has 4 heterocycles. The average molecular weight is 1190 g/mol. The van der Waals surface area contributed by atoms with Crippen LogP contribution < -0.4 is 0 Å². The van der Waals surface area contributed by atoms with E-state index in [1.54, 1.807) is 19.9 Å². The van der Waals surface area contributed by atoms with E-state index in [9.17, 15) is 81.1 Å². The van der Waals surface area contributed by atoms with Crippen LogP contribution in [0.2, 0.25) is 0 Å².